The third-order valence-corrected chi connectivity index (χ3v) is 4.11. The molecule has 0 unspecified atom stereocenters. The lowest BCUT2D eigenvalue weighted by Crippen LogP contribution is -2.27. The first-order valence-corrected chi connectivity index (χ1v) is 8.52. The van der Waals surface area contributed by atoms with Crippen LogP contribution in [0.2, 0.25) is 0 Å². The van der Waals surface area contributed by atoms with Gasteiger partial charge in [-0.15, -0.1) is 0 Å². The van der Waals surface area contributed by atoms with Gasteiger partial charge in [-0.05, 0) is 50.6 Å². The molecule has 1 amide bonds. The van der Waals surface area contributed by atoms with Gasteiger partial charge in [0.1, 0.15) is 0 Å². The number of fused-ring (bicyclic) bond motifs is 1. The lowest BCUT2D eigenvalue weighted by molar-refractivity contribution is 0.102. The van der Waals surface area contributed by atoms with Crippen LogP contribution in [0.4, 0.5) is 11.5 Å². The fourth-order valence-corrected chi connectivity index (χ4v) is 2.80. The summed E-state index contributed by atoms with van der Waals surface area (Å²) in [6.07, 6.45) is 0. The van der Waals surface area contributed by atoms with Crippen LogP contribution >= 0.6 is 0 Å². The van der Waals surface area contributed by atoms with E-state index in [-0.39, 0.29) is 5.91 Å². The molecule has 2 aromatic carbocycles. The number of para-hydroxylation sites is 2. The molecule has 0 aliphatic heterocycles. The van der Waals surface area contributed by atoms with Crippen LogP contribution in [0.5, 0.6) is 0 Å². The van der Waals surface area contributed by atoms with Crippen molar-refractivity contribution < 1.29 is 4.79 Å². The Hall–Kier alpha value is -2.95. The number of hydrogen-bond acceptors (Lipinski definition) is 4. The molecule has 5 nitrogen and oxygen atoms in total. The predicted octanol–water partition coefficient (Wildman–Crippen LogP) is 4.04. The SMILES string of the molecule is CCN(CC)c1nc2ccccc2nc1C(=O)Nc1cccc(C)c1. The molecule has 1 heterocycles. The normalized spacial score (nSPS) is 10.7. The molecule has 3 aromatic rings. The Morgan fingerprint density at radius 2 is 1.68 bits per heavy atom. The van der Waals surface area contributed by atoms with Crippen molar-refractivity contribution in [1.82, 2.24) is 9.97 Å². The molecule has 1 N–H and O–H groups in total. The second-order valence-electron chi connectivity index (χ2n) is 5.88. The van der Waals surface area contributed by atoms with Crippen molar-refractivity contribution in [2.45, 2.75) is 20.8 Å². The Bertz CT molecular complexity index is 903. The number of amides is 1. The van der Waals surface area contributed by atoms with Crippen LogP contribution in [-0.2, 0) is 0 Å². The van der Waals surface area contributed by atoms with Crippen LogP contribution in [0.1, 0.15) is 29.9 Å². The number of hydrogen-bond donors (Lipinski definition) is 1. The molecule has 0 atom stereocenters. The van der Waals surface area contributed by atoms with Crippen LogP contribution < -0.4 is 10.2 Å². The molecule has 0 aliphatic carbocycles. The molecule has 0 radical (unpaired) electrons. The topological polar surface area (TPSA) is 58.1 Å². The van der Waals surface area contributed by atoms with Crippen molar-refractivity contribution in [2.75, 3.05) is 23.3 Å². The summed E-state index contributed by atoms with van der Waals surface area (Å²) in [5, 5.41) is 2.94. The number of benzene rings is 2. The highest BCUT2D eigenvalue weighted by Gasteiger charge is 2.20. The maximum Gasteiger partial charge on any atom is 0.278 e. The van der Waals surface area contributed by atoms with E-state index in [0.717, 1.165) is 29.9 Å². The van der Waals surface area contributed by atoms with E-state index in [1.807, 2.05) is 74.2 Å². The van der Waals surface area contributed by atoms with Crippen LogP contribution in [0, 0.1) is 6.92 Å². The number of aryl methyl sites for hydroxylation is 1. The Morgan fingerprint density at radius 3 is 2.32 bits per heavy atom. The zero-order valence-electron chi connectivity index (χ0n) is 14.8. The highest BCUT2D eigenvalue weighted by atomic mass is 16.1. The molecule has 0 spiro atoms. The maximum atomic E-state index is 12.9. The van der Waals surface area contributed by atoms with Crippen LogP contribution in [0.15, 0.2) is 48.5 Å². The van der Waals surface area contributed by atoms with Gasteiger partial charge in [0.15, 0.2) is 11.5 Å². The summed E-state index contributed by atoms with van der Waals surface area (Å²) >= 11 is 0. The average Bonchev–Trinajstić information content (AvgIpc) is 2.62. The zero-order chi connectivity index (χ0) is 17.8. The summed E-state index contributed by atoms with van der Waals surface area (Å²) in [4.78, 5) is 24.2. The lowest BCUT2D eigenvalue weighted by Gasteiger charge is -2.22. The molecular formula is C20H22N4O. The van der Waals surface area contributed by atoms with Crippen molar-refractivity contribution in [3.05, 3.63) is 59.8 Å². The number of rotatable bonds is 5. The van der Waals surface area contributed by atoms with Gasteiger partial charge >= 0.3 is 0 Å². The number of carbonyl (C=O) groups is 1. The number of aromatic nitrogens is 2. The van der Waals surface area contributed by atoms with E-state index in [9.17, 15) is 4.79 Å². The van der Waals surface area contributed by atoms with Crippen molar-refractivity contribution >= 4 is 28.4 Å². The minimum atomic E-state index is -0.245. The molecule has 0 saturated carbocycles. The van der Waals surface area contributed by atoms with Crippen LogP contribution in [-0.4, -0.2) is 29.0 Å². The largest absolute Gasteiger partial charge is 0.355 e. The molecule has 3 rings (SSSR count). The van der Waals surface area contributed by atoms with Gasteiger partial charge in [0.05, 0.1) is 11.0 Å². The highest BCUT2D eigenvalue weighted by molar-refractivity contribution is 6.07. The third-order valence-electron chi connectivity index (χ3n) is 4.11. The zero-order valence-corrected chi connectivity index (χ0v) is 14.8. The summed E-state index contributed by atoms with van der Waals surface area (Å²) < 4.78 is 0. The van der Waals surface area contributed by atoms with Gasteiger partial charge < -0.3 is 10.2 Å². The van der Waals surface area contributed by atoms with Crippen LogP contribution in [0.3, 0.4) is 0 Å². The molecule has 128 valence electrons. The van der Waals surface area contributed by atoms with Crippen molar-refractivity contribution in [3.8, 4) is 0 Å². The van der Waals surface area contributed by atoms with Gasteiger partial charge in [0, 0.05) is 18.8 Å². The van der Waals surface area contributed by atoms with Crippen molar-refractivity contribution in [1.29, 1.82) is 0 Å². The highest BCUT2D eigenvalue weighted by Crippen LogP contribution is 2.22. The second kappa shape index (κ2) is 7.30. The number of nitrogens with zero attached hydrogens (tertiary/aromatic N) is 3. The monoisotopic (exact) mass is 334 g/mol. The molecule has 0 aliphatic rings. The Balaban J connectivity index is 2.05. The molecule has 25 heavy (non-hydrogen) atoms. The first kappa shape index (κ1) is 16.9. The fraction of sp³-hybridized carbons (Fsp3) is 0.250. The minimum absolute atomic E-state index is 0.245. The van der Waals surface area contributed by atoms with E-state index < -0.39 is 0 Å². The van der Waals surface area contributed by atoms with Gasteiger partial charge in [-0.3, -0.25) is 4.79 Å². The van der Waals surface area contributed by atoms with E-state index in [0.29, 0.717) is 17.0 Å². The first-order chi connectivity index (χ1) is 12.1. The Kier molecular flexibility index (Phi) is 4.93. The summed E-state index contributed by atoms with van der Waals surface area (Å²) in [5.74, 6) is 0.375. The van der Waals surface area contributed by atoms with E-state index in [2.05, 4.69) is 10.3 Å². The minimum Gasteiger partial charge on any atom is -0.355 e. The Labute approximate surface area is 147 Å². The van der Waals surface area contributed by atoms with E-state index in [1.165, 1.54) is 0 Å². The van der Waals surface area contributed by atoms with Gasteiger partial charge in [-0.1, -0.05) is 24.3 Å². The maximum absolute atomic E-state index is 12.9. The summed E-state index contributed by atoms with van der Waals surface area (Å²) in [7, 11) is 0. The third kappa shape index (κ3) is 3.60. The first-order valence-electron chi connectivity index (χ1n) is 8.52. The fourth-order valence-electron chi connectivity index (χ4n) is 2.80. The standard InChI is InChI=1S/C20H22N4O/c1-4-24(5-2)19-18(22-16-11-6-7-12-17(16)23-19)20(25)21-15-10-8-9-14(3)13-15/h6-13H,4-5H2,1-3H3,(H,21,25). The molecule has 1 aromatic heterocycles. The summed E-state index contributed by atoms with van der Waals surface area (Å²) in [6, 6.07) is 15.3. The van der Waals surface area contributed by atoms with Gasteiger partial charge in [-0.25, -0.2) is 9.97 Å². The average molecular weight is 334 g/mol. The predicted molar refractivity (Wildman–Crippen MR) is 102 cm³/mol. The van der Waals surface area contributed by atoms with E-state index >= 15 is 0 Å². The van der Waals surface area contributed by atoms with E-state index in [1.54, 1.807) is 0 Å². The van der Waals surface area contributed by atoms with Crippen molar-refractivity contribution in [3.63, 3.8) is 0 Å². The number of carbonyl (C=O) groups excluding carboxylic acids is 1. The molecule has 0 saturated heterocycles. The molecular weight excluding hydrogens is 312 g/mol. The quantitative estimate of drug-likeness (QED) is 0.765. The second-order valence-corrected chi connectivity index (χ2v) is 5.88. The summed E-state index contributed by atoms with van der Waals surface area (Å²) in [5.41, 5.74) is 3.70. The smallest absolute Gasteiger partial charge is 0.278 e. The van der Waals surface area contributed by atoms with Crippen molar-refractivity contribution in [2.24, 2.45) is 0 Å². The Morgan fingerprint density at radius 1 is 1.00 bits per heavy atom. The van der Waals surface area contributed by atoms with E-state index in [4.69, 9.17) is 4.98 Å². The summed E-state index contributed by atoms with van der Waals surface area (Å²) in [6.45, 7) is 7.60. The number of anilines is 2. The van der Waals surface area contributed by atoms with Gasteiger partial charge in [0.25, 0.3) is 5.91 Å². The van der Waals surface area contributed by atoms with Crippen LogP contribution in [0.25, 0.3) is 11.0 Å². The van der Waals surface area contributed by atoms with Gasteiger partial charge in [-0.2, -0.15) is 0 Å². The molecule has 0 bridgehead atoms. The molecule has 0 fully saturated rings. The van der Waals surface area contributed by atoms with Gasteiger partial charge in [0.2, 0.25) is 0 Å². The molecule has 5 heteroatoms. The lowest BCUT2D eigenvalue weighted by atomic mass is 10.2. The number of nitrogens with one attached hydrogen (secondary N) is 1.